The number of nitrogens with zero attached hydrogens (tertiary/aromatic N) is 3. The molecule has 0 fully saturated rings. The van der Waals surface area contributed by atoms with E-state index in [1.807, 2.05) is 71.0 Å². The molecule has 3 rings (SSSR count). The zero-order valence-electron chi connectivity index (χ0n) is 19.7. The molecule has 0 bridgehead atoms. The molecule has 1 heterocycles. The second-order valence-corrected chi connectivity index (χ2v) is 11.1. The average molecular weight is 487 g/mol. The minimum absolute atomic E-state index is 0.0303. The van der Waals surface area contributed by atoms with Crippen LogP contribution in [0.1, 0.15) is 42.0 Å². The van der Waals surface area contributed by atoms with Crippen LogP contribution < -0.4 is 5.32 Å². The van der Waals surface area contributed by atoms with E-state index >= 15 is 0 Å². The highest BCUT2D eigenvalue weighted by Crippen LogP contribution is 2.28. The number of aromatic nitrogens is 2. The third kappa shape index (κ3) is 6.04. The van der Waals surface area contributed by atoms with Crippen LogP contribution in [0.15, 0.2) is 41.3 Å². The Balaban J connectivity index is 1.70. The lowest BCUT2D eigenvalue weighted by Crippen LogP contribution is -2.35. The summed E-state index contributed by atoms with van der Waals surface area (Å²) in [6.45, 7) is 9.93. The summed E-state index contributed by atoms with van der Waals surface area (Å²) in [7, 11) is -3.72. The highest BCUT2D eigenvalue weighted by atomic mass is 32.2. The second kappa shape index (κ2) is 10.5. The SMILES string of the molecule is CCCN(CCC(=O)Nc1nnc(-c2cccc(C)c2)s1)S(=O)(=O)c1c(C)cc(C)cc1C. The van der Waals surface area contributed by atoms with Crippen molar-refractivity contribution in [3.05, 3.63) is 58.7 Å². The van der Waals surface area contributed by atoms with Crippen LogP contribution >= 0.6 is 11.3 Å². The van der Waals surface area contributed by atoms with Crippen LogP contribution in [-0.2, 0) is 14.8 Å². The summed E-state index contributed by atoms with van der Waals surface area (Å²) < 4.78 is 28.2. The number of rotatable bonds is 9. The molecule has 33 heavy (non-hydrogen) atoms. The molecule has 0 saturated carbocycles. The normalized spacial score (nSPS) is 11.7. The Hall–Kier alpha value is -2.62. The molecule has 7 nitrogen and oxygen atoms in total. The molecular formula is C24H30N4O3S2. The number of hydrogen-bond acceptors (Lipinski definition) is 6. The second-order valence-electron chi connectivity index (χ2n) is 8.21. The van der Waals surface area contributed by atoms with Gasteiger partial charge in [0.1, 0.15) is 5.01 Å². The highest BCUT2D eigenvalue weighted by Gasteiger charge is 2.28. The Morgan fingerprint density at radius 2 is 1.70 bits per heavy atom. The monoisotopic (exact) mass is 486 g/mol. The standard InChI is InChI=1S/C24H30N4O3S2/c1-6-11-28(33(30,31)22-18(4)13-17(3)14-19(22)5)12-10-21(29)25-24-27-26-23(32-24)20-9-7-8-16(2)15-20/h7-9,13-15H,6,10-12H2,1-5H3,(H,25,27,29). The van der Waals surface area contributed by atoms with Crippen molar-refractivity contribution in [3.63, 3.8) is 0 Å². The minimum Gasteiger partial charge on any atom is -0.300 e. The van der Waals surface area contributed by atoms with Crippen molar-refractivity contribution in [3.8, 4) is 10.6 Å². The number of hydrogen-bond donors (Lipinski definition) is 1. The number of benzene rings is 2. The third-order valence-corrected chi connectivity index (χ3v) is 8.29. The molecule has 176 valence electrons. The van der Waals surface area contributed by atoms with Gasteiger partial charge in [-0.3, -0.25) is 4.79 Å². The topological polar surface area (TPSA) is 92.3 Å². The average Bonchev–Trinajstić information content (AvgIpc) is 3.18. The van der Waals surface area contributed by atoms with Crippen LogP contribution in [0.4, 0.5) is 5.13 Å². The molecule has 1 N–H and O–H groups in total. The van der Waals surface area contributed by atoms with Gasteiger partial charge < -0.3 is 5.32 Å². The predicted molar refractivity (Wildman–Crippen MR) is 133 cm³/mol. The van der Waals surface area contributed by atoms with E-state index in [0.29, 0.717) is 23.0 Å². The first-order valence-electron chi connectivity index (χ1n) is 10.9. The zero-order chi connectivity index (χ0) is 24.2. The van der Waals surface area contributed by atoms with Crippen LogP contribution in [0.3, 0.4) is 0 Å². The van der Waals surface area contributed by atoms with E-state index in [0.717, 1.165) is 32.8 Å². The Morgan fingerprint density at radius 1 is 1.00 bits per heavy atom. The van der Waals surface area contributed by atoms with Gasteiger partial charge in [-0.05, 0) is 51.3 Å². The molecule has 0 aliphatic heterocycles. The van der Waals surface area contributed by atoms with Gasteiger partial charge in [-0.25, -0.2) is 8.42 Å². The van der Waals surface area contributed by atoms with Crippen molar-refractivity contribution in [1.82, 2.24) is 14.5 Å². The van der Waals surface area contributed by atoms with E-state index in [9.17, 15) is 13.2 Å². The Morgan fingerprint density at radius 3 is 2.33 bits per heavy atom. The van der Waals surface area contributed by atoms with Crippen molar-refractivity contribution in [2.45, 2.75) is 52.4 Å². The van der Waals surface area contributed by atoms with Crippen LogP contribution in [0, 0.1) is 27.7 Å². The van der Waals surface area contributed by atoms with Gasteiger partial charge in [0.05, 0.1) is 4.90 Å². The van der Waals surface area contributed by atoms with E-state index < -0.39 is 10.0 Å². The summed E-state index contributed by atoms with van der Waals surface area (Å²) in [5.74, 6) is -0.296. The van der Waals surface area contributed by atoms with Gasteiger partial charge in [0.2, 0.25) is 21.1 Å². The summed E-state index contributed by atoms with van der Waals surface area (Å²) in [6.07, 6.45) is 0.684. The Labute approximate surface area is 199 Å². The molecule has 0 saturated heterocycles. The molecule has 3 aromatic rings. The number of carbonyl (C=O) groups excluding carboxylic acids is 1. The van der Waals surface area contributed by atoms with Crippen molar-refractivity contribution in [1.29, 1.82) is 0 Å². The Kier molecular flexibility index (Phi) is 7.99. The number of carbonyl (C=O) groups is 1. The number of amides is 1. The molecule has 0 spiro atoms. The quantitative estimate of drug-likeness (QED) is 0.466. The van der Waals surface area contributed by atoms with Gasteiger partial charge >= 0.3 is 0 Å². The number of sulfonamides is 1. The lowest BCUT2D eigenvalue weighted by Gasteiger charge is -2.23. The molecule has 0 aliphatic carbocycles. The summed E-state index contributed by atoms with van der Waals surface area (Å²) >= 11 is 1.29. The largest absolute Gasteiger partial charge is 0.300 e. The van der Waals surface area contributed by atoms with Gasteiger partial charge in [-0.2, -0.15) is 4.31 Å². The first-order chi connectivity index (χ1) is 15.6. The number of aryl methyl sites for hydroxylation is 4. The van der Waals surface area contributed by atoms with Gasteiger partial charge in [-0.15, -0.1) is 10.2 Å². The van der Waals surface area contributed by atoms with Crippen LogP contribution in [0.25, 0.3) is 10.6 Å². The van der Waals surface area contributed by atoms with E-state index in [4.69, 9.17) is 0 Å². The van der Waals surface area contributed by atoms with Crippen molar-refractivity contribution >= 4 is 32.4 Å². The van der Waals surface area contributed by atoms with E-state index in [1.165, 1.54) is 15.6 Å². The molecule has 2 aromatic carbocycles. The van der Waals surface area contributed by atoms with Crippen molar-refractivity contribution in [2.75, 3.05) is 18.4 Å². The van der Waals surface area contributed by atoms with Gasteiger partial charge in [0.25, 0.3) is 0 Å². The number of anilines is 1. The van der Waals surface area contributed by atoms with E-state index in [1.54, 1.807) is 0 Å². The van der Waals surface area contributed by atoms with Crippen molar-refractivity contribution < 1.29 is 13.2 Å². The fourth-order valence-electron chi connectivity index (χ4n) is 3.88. The fraction of sp³-hybridized carbons (Fsp3) is 0.375. The van der Waals surface area contributed by atoms with Crippen LogP contribution in [0.5, 0.6) is 0 Å². The Bertz CT molecular complexity index is 1230. The minimum atomic E-state index is -3.72. The molecule has 0 aliphatic rings. The van der Waals surface area contributed by atoms with Gasteiger partial charge in [0.15, 0.2) is 0 Å². The lowest BCUT2D eigenvalue weighted by atomic mass is 10.1. The molecule has 1 aromatic heterocycles. The highest BCUT2D eigenvalue weighted by molar-refractivity contribution is 7.89. The maximum Gasteiger partial charge on any atom is 0.243 e. The fourth-order valence-corrected chi connectivity index (χ4v) is 6.58. The van der Waals surface area contributed by atoms with Gasteiger partial charge in [0, 0.05) is 25.1 Å². The van der Waals surface area contributed by atoms with Crippen LogP contribution in [0.2, 0.25) is 0 Å². The van der Waals surface area contributed by atoms with Gasteiger partial charge in [-0.1, -0.05) is 59.7 Å². The molecule has 0 atom stereocenters. The van der Waals surface area contributed by atoms with E-state index in [-0.39, 0.29) is 18.9 Å². The maximum absolute atomic E-state index is 13.4. The molecule has 9 heteroatoms. The summed E-state index contributed by atoms with van der Waals surface area (Å²) in [5, 5.41) is 12.1. The van der Waals surface area contributed by atoms with Crippen molar-refractivity contribution in [2.24, 2.45) is 0 Å². The molecule has 1 amide bonds. The summed E-state index contributed by atoms with van der Waals surface area (Å²) in [4.78, 5) is 12.9. The molecular weight excluding hydrogens is 456 g/mol. The summed E-state index contributed by atoms with van der Waals surface area (Å²) in [6, 6.07) is 11.7. The first-order valence-corrected chi connectivity index (χ1v) is 13.2. The predicted octanol–water partition coefficient (Wildman–Crippen LogP) is 4.87. The summed E-state index contributed by atoms with van der Waals surface area (Å²) in [5.41, 5.74) is 4.51. The molecule has 0 radical (unpaired) electrons. The maximum atomic E-state index is 13.4. The zero-order valence-corrected chi connectivity index (χ0v) is 21.3. The smallest absolute Gasteiger partial charge is 0.243 e. The first kappa shape index (κ1) is 25.0. The van der Waals surface area contributed by atoms with Crippen LogP contribution in [-0.4, -0.2) is 41.9 Å². The molecule has 0 unspecified atom stereocenters. The van der Waals surface area contributed by atoms with E-state index in [2.05, 4.69) is 15.5 Å². The third-order valence-electron chi connectivity index (χ3n) is 5.20. The lowest BCUT2D eigenvalue weighted by molar-refractivity contribution is -0.116. The number of nitrogens with one attached hydrogen (secondary N) is 1.